The molecule has 1 aromatic heterocycles. The lowest BCUT2D eigenvalue weighted by Gasteiger charge is -2.16. The van der Waals surface area contributed by atoms with E-state index >= 15 is 0 Å². The topological polar surface area (TPSA) is 46.9 Å². The monoisotopic (exact) mass is 439 g/mol. The van der Waals surface area contributed by atoms with Crippen molar-refractivity contribution in [2.24, 2.45) is 5.92 Å². The molecule has 3 aromatic carbocycles. The molecule has 0 aliphatic heterocycles. The van der Waals surface area contributed by atoms with E-state index in [2.05, 4.69) is 61.0 Å². The van der Waals surface area contributed by atoms with Crippen LogP contribution in [0.3, 0.4) is 0 Å². The number of imidazole rings is 1. The van der Waals surface area contributed by atoms with Crippen molar-refractivity contribution >= 4 is 22.6 Å². The van der Waals surface area contributed by atoms with E-state index in [-0.39, 0.29) is 18.4 Å². The predicted octanol–water partition coefficient (Wildman–Crippen LogP) is 6.64. The molecule has 1 heterocycles. The molecule has 0 saturated heterocycles. The Morgan fingerprint density at radius 1 is 0.970 bits per heavy atom. The van der Waals surface area contributed by atoms with Gasteiger partial charge in [-0.25, -0.2) is 4.98 Å². The molecule has 0 bridgehead atoms. The molecule has 4 heteroatoms. The summed E-state index contributed by atoms with van der Waals surface area (Å²) in [6, 6.07) is 23.0. The number of nitrogens with one attached hydrogen (secondary N) is 1. The van der Waals surface area contributed by atoms with Gasteiger partial charge in [-0.15, -0.1) is 0 Å². The van der Waals surface area contributed by atoms with Crippen molar-refractivity contribution in [3.8, 4) is 0 Å². The molecule has 0 radical (unpaired) electrons. The van der Waals surface area contributed by atoms with Crippen LogP contribution < -0.4 is 5.32 Å². The third-order valence-electron chi connectivity index (χ3n) is 6.16. The minimum Gasteiger partial charge on any atom is -0.324 e. The summed E-state index contributed by atoms with van der Waals surface area (Å²) in [4.78, 5) is 18.0. The lowest BCUT2D eigenvalue weighted by molar-refractivity contribution is -0.116. The molecule has 4 rings (SSSR count). The number of nitrogens with zero attached hydrogens (tertiary/aromatic N) is 2. The summed E-state index contributed by atoms with van der Waals surface area (Å²) in [6.45, 7) is 10.9. The van der Waals surface area contributed by atoms with Crippen LogP contribution in [0.25, 0.3) is 11.0 Å². The summed E-state index contributed by atoms with van der Waals surface area (Å²) in [7, 11) is 0. The van der Waals surface area contributed by atoms with Crippen molar-refractivity contribution in [3.63, 3.8) is 0 Å². The van der Waals surface area contributed by atoms with E-state index in [1.165, 1.54) is 11.1 Å². The third-order valence-corrected chi connectivity index (χ3v) is 6.16. The van der Waals surface area contributed by atoms with Crippen molar-refractivity contribution in [2.75, 3.05) is 5.32 Å². The fourth-order valence-corrected chi connectivity index (χ4v) is 4.36. The van der Waals surface area contributed by atoms with Gasteiger partial charge in [0.1, 0.15) is 12.4 Å². The molecule has 4 aromatic rings. The number of rotatable bonds is 7. The maximum absolute atomic E-state index is 13.1. The van der Waals surface area contributed by atoms with E-state index in [0.29, 0.717) is 5.92 Å². The summed E-state index contributed by atoms with van der Waals surface area (Å²) in [5, 5.41) is 3.10. The Morgan fingerprint density at radius 3 is 2.42 bits per heavy atom. The van der Waals surface area contributed by atoms with Gasteiger partial charge in [0.25, 0.3) is 0 Å². The highest BCUT2D eigenvalue weighted by molar-refractivity contribution is 5.92. The predicted molar refractivity (Wildman–Crippen MR) is 137 cm³/mol. The van der Waals surface area contributed by atoms with Crippen LogP contribution in [0.4, 0.5) is 5.69 Å². The van der Waals surface area contributed by atoms with Crippen LogP contribution in [0.1, 0.15) is 54.8 Å². The Morgan fingerprint density at radius 2 is 1.70 bits per heavy atom. The molecule has 1 atom stereocenters. The van der Waals surface area contributed by atoms with Gasteiger partial charge in [-0.3, -0.25) is 4.79 Å². The number of anilines is 1. The van der Waals surface area contributed by atoms with Crippen molar-refractivity contribution in [1.82, 2.24) is 9.55 Å². The van der Waals surface area contributed by atoms with Gasteiger partial charge in [-0.05, 0) is 66.6 Å². The Balaban J connectivity index is 1.64. The second-order valence-corrected chi connectivity index (χ2v) is 9.47. The highest BCUT2D eigenvalue weighted by atomic mass is 16.1. The van der Waals surface area contributed by atoms with Crippen molar-refractivity contribution in [3.05, 3.63) is 94.8 Å². The fraction of sp³-hybridized carbons (Fsp3) is 0.310. The van der Waals surface area contributed by atoms with E-state index in [4.69, 9.17) is 4.98 Å². The van der Waals surface area contributed by atoms with Gasteiger partial charge in [0.05, 0.1) is 11.0 Å². The summed E-state index contributed by atoms with van der Waals surface area (Å²) in [5.41, 5.74) is 7.48. The van der Waals surface area contributed by atoms with E-state index in [1.807, 2.05) is 50.2 Å². The van der Waals surface area contributed by atoms with Gasteiger partial charge in [0, 0.05) is 11.6 Å². The van der Waals surface area contributed by atoms with Crippen LogP contribution in [0.2, 0.25) is 0 Å². The summed E-state index contributed by atoms with van der Waals surface area (Å²) in [6.07, 6.45) is 1.08. The van der Waals surface area contributed by atoms with Crippen LogP contribution in [0, 0.1) is 19.8 Å². The van der Waals surface area contributed by atoms with Crippen molar-refractivity contribution in [1.29, 1.82) is 0 Å². The fourth-order valence-electron chi connectivity index (χ4n) is 4.36. The number of amides is 1. The summed E-state index contributed by atoms with van der Waals surface area (Å²) < 4.78 is 2.06. The average Bonchev–Trinajstić information content (AvgIpc) is 3.14. The van der Waals surface area contributed by atoms with Crippen molar-refractivity contribution in [2.45, 2.75) is 53.5 Å². The minimum absolute atomic E-state index is 0.0485. The van der Waals surface area contributed by atoms with Gasteiger partial charge in [0.2, 0.25) is 5.91 Å². The zero-order valence-corrected chi connectivity index (χ0v) is 20.2. The van der Waals surface area contributed by atoms with Gasteiger partial charge >= 0.3 is 0 Å². The lowest BCUT2D eigenvalue weighted by atomic mass is 9.96. The number of benzene rings is 3. The summed E-state index contributed by atoms with van der Waals surface area (Å²) in [5.74, 6) is 1.56. The number of hydrogen-bond donors (Lipinski definition) is 1. The number of fused-ring (bicyclic) bond motifs is 1. The van der Waals surface area contributed by atoms with Crippen LogP contribution in [-0.2, 0) is 17.8 Å². The second-order valence-electron chi connectivity index (χ2n) is 9.47. The standard InChI is InChI=1S/C29H33N3O/c1-19(2)16-23-12-14-24(15-13-23)22(5)29-31-25-8-6-7-9-27(25)32(29)18-28(33)30-26-17-20(3)10-11-21(26)4/h6-15,17,19,22H,16,18H2,1-5H3,(H,30,33). The quantitative estimate of drug-likeness (QED) is 0.351. The molecular weight excluding hydrogens is 406 g/mol. The first-order valence-corrected chi connectivity index (χ1v) is 11.7. The van der Waals surface area contributed by atoms with Crippen LogP contribution in [-0.4, -0.2) is 15.5 Å². The third kappa shape index (κ3) is 5.16. The van der Waals surface area contributed by atoms with E-state index in [9.17, 15) is 4.79 Å². The minimum atomic E-state index is -0.0485. The number of para-hydroxylation sites is 2. The SMILES string of the molecule is Cc1ccc(C)c(NC(=O)Cn2c(C(C)c3ccc(CC(C)C)cc3)nc3ccccc32)c1. The molecular formula is C29H33N3O. The number of carbonyl (C=O) groups excluding carboxylic acids is 1. The van der Waals surface area contributed by atoms with Crippen LogP contribution >= 0.6 is 0 Å². The Bertz CT molecular complexity index is 1270. The molecule has 1 unspecified atom stereocenters. The highest BCUT2D eigenvalue weighted by Crippen LogP contribution is 2.28. The van der Waals surface area contributed by atoms with Crippen molar-refractivity contribution < 1.29 is 4.79 Å². The lowest BCUT2D eigenvalue weighted by Crippen LogP contribution is -2.21. The Hall–Kier alpha value is -3.40. The highest BCUT2D eigenvalue weighted by Gasteiger charge is 2.20. The van der Waals surface area contributed by atoms with E-state index in [1.54, 1.807) is 0 Å². The number of aryl methyl sites for hydroxylation is 2. The molecule has 4 nitrogen and oxygen atoms in total. The zero-order valence-electron chi connectivity index (χ0n) is 20.2. The summed E-state index contributed by atoms with van der Waals surface area (Å²) >= 11 is 0. The zero-order chi connectivity index (χ0) is 23.5. The maximum atomic E-state index is 13.1. The largest absolute Gasteiger partial charge is 0.324 e. The number of aromatic nitrogens is 2. The van der Waals surface area contributed by atoms with Gasteiger partial charge < -0.3 is 9.88 Å². The van der Waals surface area contributed by atoms with Gasteiger partial charge in [-0.2, -0.15) is 0 Å². The molecule has 0 fully saturated rings. The van der Waals surface area contributed by atoms with E-state index < -0.39 is 0 Å². The molecule has 0 aliphatic carbocycles. The smallest absolute Gasteiger partial charge is 0.244 e. The molecule has 0 spiro atoms. The first kappa shape index (κ1) is 22.8. The van der Waals surface area contributed by atoms with Crippen LogP contribution in [0.5, 0.6) is 0 Å². The molecule has 1 amide bonds. The number of carbonyl (C=O) groups is 1. The first-order valence-electron chi connectivity index (χ1n) is 11.7. The molecule has 0 saturated carbocycles. The molecule has 170 valence electrons. The van der Waals surface area contributed by atoms with Gasteiger partial charge in [-0.1, -0.05) is 69.3 Å². The van der Waals surface area contributed by atoms with E-state index in [0.717, 1.165) is 40.1 Å². The Labute approximate surface area is 196 Å². The average molecular weight is 440 g/mol. The first-order chi connectivity index (χ1) is 15.8. The van der Waals surface area contributed by atoms with Crippen LogP contribution in [0.15, 0.2) is 66.7 Å². The second kappa shape index (κ2) is 9.62. The Kier molecular flexibility index (Phi) is 6.64. The molecule has 1 N–H and O–H groups in total. The number of hydrogen-bond acceptors (Lipinski definition) is 2. The normalized spacial score (nSPS) is 12.3. The van der Waals surface area contributed by atoms with Gasteiger partial charge in [0.15, 0.2) is 0 Å². The molecule has 0 aliphatic rings. The maximum Gasteiger partial charge on any atom is 0.244 e. The molecule has 33 heavy (non-hydrogen) atoms.